The maximum absolute atomic E-state index is 12.7. The Bertz CT molecular complexity index is 341. The van der Waals surface area contributed by atoms with Gasteiger partial charge >= 0.3 is 0 Å². The van der Waals surface area contributed by atoms with Gasteiger partial charge in [-0.1, -0.05) is 6.42 Å². The lowest BCUT2D eigenvalue weighted by atomic mass is 9.96. The molecule has 1 saturated heterocycles. The lowest BCUT2D eigenvalue weighted by Gasteiger charge is -2.22. The zero-order chi connectivity index (χ0) is 10.7. The van der Waals surface area contributed by atoms with E-state index >= 15 is 0 Å². The Kier molecular flexibility index (Phi) is 3.11. The van der Waals surface area contributed by atoms with E-state index in [9.17, 15) is 9.18 Å². The summed E-state index contributed by atoms with van der Waals surface area (Å²) in [6.07, 6.45) is 3.11. The molecule has 0 unspecified atom stereocenters. The van der Waals surface area contributed by atoms with Crippen molar-refractivity contribution in [2.24, 2.45) is 0 Å². The molecule has 0 bridgehead atoms. The summed E-state index contributed by atoms with van der Waals surface area (Å²) in [5.74, 6) is -0.224. The van der Waals surface area contributed by atoms with Crippen LogP contribution in [0.5, 0.6) is 0 Å². The first kappa shape index (κ1) is 10.3. The van der Waals surface area contributed by atoms with Crippen LogP contribution in [-0.4, -0.2) is 18.4 Å². The molecule has 80 valence electrons. The zero-order valence-corrected chi connectivity index (χ0v) is 8.50. The number of hydrogen-bond donors (Lipinski definition) is 1. The van der Waals surface area contributed by atoms with E-state index in [0.717, 1.165) is 25.8 Å². The maximum Gasteiger partial charge on any atom is 0.179 e. The molecule has 2 nitrogen and oxygen atoms in total. The van der Waals surface area contributed by atoms with Gasteiger partial charge in [-0.15, -0.1) is 0 Å². The molecule has 0 radical (unpaired) electrons. The fraction of sp³-hybridized carbons (Fsp3) is 0.417. The van der Waals surface area contributed by atoms with Gasteiger partial charge < -0.3 is 5.32 Å². The van der Waals surface area contributed by atoms with Crippen molar-refractivity contribution in [3.05, 3.63) is 35.6 Å². The Labute approximate surface area is 88.5 Å². The smallest absolute Gasteiger partial charge is 0.179 e. The quantitative estimate of drug-likeness (QED) is 0.753. The lowest BCUT2D eigenvalue weighted by Crippen LogP contribution is -2.40. The average Bonchev–Trinajstić information content (AvgIpc) is 2.30. The highest BCUT2D eigenvalue weighted by Crippen LogP contribution is 2.13. The zero-order valence-electron chi connectivity index (χ0n) is 8.50. The predicted octanol–water partition coefficient (Wildman–Crippen LogP) is 2.15. The van der Waals surface area contributed by atoms with E-state index in [1.807, 2.05) is 0 Å². The summed E-state index contributed by atoms with van der Waals surface area (Å²) in [6, 6.07) is 5.68. The third-order valence-corrected chi connectivity index (χ3v) is 2.76. The van der Waals surface area contributed by atoms with Crippen molar-refractivity contribution in [2.75, 3.05) is 6.54 Å². The molecule has 0 aliphatic carbocycles. The van der Waals surface area contributed by atoms with Crippen molar-refractivity contribution in [3.8, 4) is 0 Å². The molecule has 1 aromatic rings. The molecule has 1 aliphatic rings. The van der Waals surface area contributed by atoms with Crippen LogP contribution < -0.4 is 5.32 Å². The van der Waals surface area contributed by atoms with Crippen LogP contribution in [-0.2, 0) is 0 Å². The Morgan fingerprint density at radius 2 is 2.00 bits per heavy atom. The van der Waals surface area contributed by atoms with Crippen molar-refractivity contribution in [1.29, 1.82) is 0 Å². The van der Waals surface area contributed by atoms with Crippen LogP contribution in [0.4, 0.5) is 4.39 Å². The van der Waals surface area contributed by atoms with Crippen LogP contribution in [0.25, 0.3) is 0 Å². The standard InChI is InChI=1S/C12H14FNO/c13-10-6-4-9(5-7-10)12(15)11-3-1-2-8-14-11/h4-7,11,14H,1-3,8H2/t11-/m0/s1. The minimum Gasteiger partial charge on any atom is -0.307 e. The van der Waals surface area contributed by atoms with Gasteiger partial charge in [0.2, 0.25) is 0 Å². The Morgan fingerprint density at radius 1 is 1.27 bits per heavy atom. The number of Topliss-reactive ketones (excluding diaryl/α,β-unsaturated/α-hetero) is 1. The number of carbonyl (C=O) groups is 1. The van der Waals surface area contributed by atoms with E-state index in [2.05, 4.69) is 5.32 Å². The summed E-state index contributed by atoms with van der Waals surface area (Å²) in [6.45, 7) is 0.900. The minimum atomic E-state index is -0.303. The van der Waals surface area contributed by atoms with Crippen molar-refractivity contribution in [1.82, 2.24) is 5.32 Å². The highest BCUT2D eigenvalue weighted by atomic mass is 19.1. The largest absolute Gasteiger partial charge is 0.307 e. The number of nitrogens with one attached hydrogen (secondary N) is 1. The number of benzene rings is 1. The molecule has 0 saturated carbocycles. The highest BCUT2D eigenvalue weighted by Gasteiger charge is 2.21. The second-order valence-electron chi connectivity index (χ2n) is 3.87. The molecule has 1 heterocycles. The third kappa shape index (κ3) is 2.42. The van der Waals surface area contributed by atoms with Gasteiger partial charge in [-0.2, -0.15) is 0 Å². The Balaban J connectivity index is 2.09. The Hall–Kier alpha value is -1.22. The van der Waals surface area contributed by atoms with Crippen LogP contribution in [0.15, 0.2) is 24.3 Å². The van der Waals surface area contributed by atoms with E-state index in [-0.39, 0.29) is 17.6 Å². The number of halogens is 1. The molecule has 15 heavy (non-hydrogen) atoms. The minimum absolute atomic E-state index is 0.0784. The lowest BCUT2D eigenvalue weighted by molar-refractivity contribution is 0.0927. The molecular formula is C12H14FNO. The maximum atomic E-state index is 12.7. The van der Waals surface area contributed by atoms with Gasteiger partial charge in [0.05, 0.1) is 6.04 Å². The molecular weight excluding hydrogens is 193 g/mol. The molecule has 1 N–H and O–H groups in total. The third-order valence-electron chi connectivity index (χ3n) is 2.76. The van der Waals surface area contributed by atoms with Gasteiger partial charge in [0.1, 0.15) is 5.82 Å². The van der Waals surface area contributed by atoms with Crippen molar-refractivity contribution >= 4 is 5.78 Å². The van der Waals surface area contributed by atoms with Crippen molar-refractivity contribution in [2.45, 2.75) is 25.3 Å². The number of ketones is 1. The number of rotatable bonds is 2. The van der Waals surface area contributed by atoms with E-state index in [4.69, 9.17) is 0 Å². The van der Waals surface area contributed by atoms with E-state index < -0.39 is 0 Å². The summed E-state index contributed by atoms with van der Waals surface area (Å²) in [5.41, 5.74) is 0.593. The van der Waals surface area contributed by atoms with Crippen LogP contribution in [0, 0.1) is 5.82 Å². The molecule has 1 aliphatic heterocycles. The van der Waals surface area contributed by atoms with E-state index in [1.165, 1.54) is 12.1 Å². The Morgan fingerprint density at radius 3 is 2.60 bits per heavy atom. The second kappa shape index (κ2) is 4.53. The summed E-state index contributed by atoms with van der Waals surface area (Å²) in [7, 11) is 0. The van der Waals surface area contributed by atoms with E-state index in [0.29, 0.717) is 5.56 Å². The van der Waals surface area contributed by atoms with Gasteiger partial charge in [0, 0.05) is 5.56 Å². The van der Waals surface area contributed by atoms with Gasteiger partial charge in [0.25, 0.3) is 0 Å². The van der Waals surface area contributed by atoms with Gasteiger partial charge in [-0.3, -0.25) is 4.79 Å². The van der Waals surface area contributed by atoms with Gasteiger partial charge in [0.15, 0.2) is 5.78 Å². The highest BCUT2D eigenvalue weighted by molar-refractivity contribution is 6.00. The molecule has 1 fully saturated rings. The monoisotopic (exact) mass is 207 g/mol. The molecule has 2 rings (SSSR count). The van der Waals surface area contributed by atoms with E-state index in [1.54, 1.807) is 12.1 Å². The van der Waals surface area contributed by atoms with Crippen LogP contribution in [0.1, 0.15) is 29.6 Å². The second-order valence-corrected chi connectivity index (χ2v) is 3.87. The first-order valence-electron chi connectivity index (χ1n) is 5.30. The van der Waals surface area contributed by atoms with Gasteiger partial charge in [-0.05, 0) is 43.7 Å². The van der Waals surface area contributed by atoms with Crippen LogP contribution in [0.3, 0.4) is 0 Å². The number of hydrogen-bond acceptors (Lipinski definition) is 2. The first-order valence-corrected chi connectivity index (χ1v) is 5.30. The molecule has 1 atom stereocenters. The number of piperidine rings is 1. The van der Waals surface area contributed by atoms with Crippen molar-refractivity contribution in [3.63, 3.8) is 0 Å². The number of carbonyl (C=O) groups excluding carboxylic acids is 1. The SMILES string of the molecule is O=C(c1ccc(F)cc1)[C@@H]1CCCCN1. The van der Waals surface area contributed by atoms with Gasteiger partial charge in [-0.25, -0.2) is 4.39 Å². The van der Waals surface area contributed by atoms with Crippen LogP contribution >= 0.6 is 0 Å². The normalized spacial score (nSPS) is 21.3. The summed E-state index contributed by atoms with van der Waals surface area (Å²) in [4.78, 5) is 11.9. The first-order chi connectivity index (χ1) is 7.27. The van der Waals surface area contributed by atoms with Crippen molar-refractivity contribution < 1.29 is 9.18 Å². The predicted molar refractivity (Wildman–Crippen MR) is 56.4 cm³/mol. The average molecular weight is 207 g/mol. The fourth-order valence-electron chi connectivity index (χ4n) is 1.89. The summed E-state index contributed by atoms with van der Waals surface area (Å²) in [5, 5.41) is 3.19. The fourth-order valence-corrected chi connectivity index (χ4v) is 1.89. The van der Waals surface area contributed by atoms with Crippen LogP contribution in [0.2, 0.25) is 0 Å². The molecule has 0 amide bonds. The molecule has 1 aromatic carbocycles. The molecule has 0 spiro atoms. The molecule has 0 aromatic heterocycles. The molecule has 3 heteroatoms. The topological polar surface area (TPSA) is 29.1 Å². The summed E-state index contributed by atoms with van der Waals surface area (Å²) >= 11 is 0. The summed E-state index contributed by atoms with van der Waals surface area (Å²) < 4.78 is 12.7.